The van der Waals surface area contributed by atoms with Crippen molar-refractivity contribution in [3.8, 4) is 0 Å². The third-order valence-corrected chi connectivity index (χ3v) is 2.36. The van der Waals surface area contributed by atoms with Gasteiger partial charge in [0, 0.05) is 19.0 Å². The number of carbonyl (C=O) groups excluding carboxylic acids is 1. The molecule has 88 valence electrons. The van der Waals surface area contributed by atoms with Gasteiger partial charge in [-0.05, 0) is 26.0 Å². The first-order valence-corrected chi connectivity index (χ1v) is 5.27. The number of amides is 1. The van der Waals surface area contributed by atoms with Crippen LogP contribution in [0, 0.1) is 0 Å². The first-order valence-electron chi connectivity index (χ1n) is 4.89. The third-order valence-electron chi connectivity index (χ3n) is 2.15. The molecule has 1 N–H and O–H groups in total. The number of hydrogen-bond donors (Lipinski definition) is 1. The van der Waals surface area contributed by atoms with Gasteiger partial charge in [0.15, 0.2) is 0 Å². The van der Waals surface area contributed by atoms with E-state index in [0.29, 0.717) is 10.8 Å². The van der Waals surface area contributed by atoms with Crippen LogP contribution in [0.4, 0.5) is 5.69 Å². The molecule has 0 saturated carbocycles. The summed E-state index contributed by atoms with van der Waals surface area (Å²) in [5, 5.41) is 3.08. The van der Waals surface area contributed by atoms with Gasteiger partial charge in [0.2, 0.25) is 5.91 Å². The Morgan fingerprint density at radius 3 is 2.88 bits per heavy atom. The second-order valence-corrected chi connectivity index (χ2v) is 4.44. The topological polar surface area (TPSA) is 51.2 Å². The molecule has 0 aliphatic carbocycles. The zero-order chi connectivity index (χ0) is 12.2. The van der Waals surface area contributed by atoms with E-state index >= 15 is 0 Å². The molecule has 16 heavy (non-hydrogen) atoms. The highest BCUT2D eigenvalue weighted by atomic mass is 35.5. The van der Waals surface area contributed by atoms with Crippen molar-refractivity contribution < 1.29 is 9.53 Å². The van der Waals surface area contributed by atoms with E-state index < -0.39 is 5.60 Å². The fraction of sp³-hybridized carbons (Fsp3) is 0.455. The molecule has 0 fully saturated rings. The molecule has 0 bridgehead atoms. The zero-order valence-corrected chi connectivity index (χ0v) is 10.3. The van der Waals surface area contributed by atoms with Crippen LogP contribution in [0.1, 0.15) is 20.3 Å². The summed E-state index contributed by atoms with van der Waals surface area (Å²) in [5.41, 5.74) is 0.165. The van der Waals surface area contributed by atoms with Gasteiger partial charge in [-0.15, -0.1) is 0 Å². The van der Waals surface area contributed by atoms with Gasteiger partial charge >= 0.3 is 0 Å². The largest absolute Gasteiger partial charge is 0.378 e. The summed E-state index contributed by atoms with van der Waals surface area (Å²) in [6, 6.07) is 3.28. The van der Waals surface area contributed by atoms with Crippen LogP contribution in [0.25, 0.3) is 0 Å². The minimum Gasteiger partial charge on any atom is -0.378 e. The van der Waals surface area contributed by atoms with Crippen LogP contribution >= 0.6 is 11.6 Å². The van der Waals surface area contributed by atoms with Crippen molar-refractivity contribution in [1.29, 1.82) is 0 Å². The first-order chi connectivity index (χ1) is 7.43. The molecule has 1 heterocycles. The highest BCUT2D eigenvalue weighted by Crippen LogP contribution is 2.16. The van der Waals surface area contributed by atoms with Crippen LogP contribution in [0.5, 0.6) is 0 Å². The Labute approximate surface area is 100.0 Å². The van der Waals surface area contributed by atoms with Crippen LogP contribution in [0.3, 0.4) is 0 Å². The second kappa shape index (κ2) is 5.27. The summed E-state index contributed by atoms with van der Waals surface area (Å²) in [6.07, 6.45) is 1.82. The zero-order valence-electron chi connectivity index (χ0n) is 9.58. The molecule has 4 nitrogen and oxygen atoms in total. The Morgan fingerprint density at radius 2 is 2.31 bits per heavy atom. The summed E-state index contributed by atoms with van der Waals surface area (Å²) in [4.78, 5) is 15.5. The predicted octanol–water partition coefficient (Wildman–Crippen LogP) is 2.49. The lowest BCUT2D eigenvalue weighted by Crippen LogP contribution is -2.29. The number of hydrogen-bond acceptors (Lipinski definition) is 3. The first kappa shape index (κ1) is 12.9. The van der Waals surface area contributed by atoms with Gasteiger partial charge in [-0.25, -0.2) is 4.98 Å². The number of nitrogens with zero attached hydrogens (tertiary/aromatic N) is 1. The van der Waals surface area contributed by atoms with E-state index in [1.54, 1.807) is 25.4 Å². The molecule has 0 aromatic carbocycles. The highest BCUT2D eigenvalue weighted by Gasteiger charge is 2.20. The molecule has 0 radical (unpaired) electrons. The Balaban J connectivity index is 2.59. The third kappa shape index (κ3) is 4.16. The van der Waals surface area contributed by atoms with E-state index in [9.17, 15) is 4.79 Å². The van der Waals surface area contributed by atoms with Gasteiger partial charge in [-0.1, -0.05) is 11.6 Å². The van der Waals surface area contributed by atoms with E-state index in [1.807, 2.05) is 13.8 Å². The molecule has 0 unspecified atom stereocenters. The van der Waals surface area contributed by atoms with Crippen molar-refractivity contribution in [3.05, 3.63) is 23.5 Å². The van der Waals surface area contributed by atoms with Gasteiger partial charge in [0.1, 0.15) is 5.15 Å². The van der Waals surface area contributed by atoms with E-state index in [4.69, 9.17) is 16.3 Å². The Bertz CT molecular complexity index is 380. The SMILES string of the molecule is COC(C)(C)CC(=O)Nc1ccnc(Cl)c1. The van der Waals surface area contributed by atoms with Gasteiger partial charge < -0.3 is 10.1 Å². The maximum atomic E-state index is 11.6. The maximum absolute atomic E-state index is 11.6. The van der Waals surface area contributed by atoms with Crippen LogP contribution < -0.4 is 5.32 Å². The minimum atomic E-state index is -0.471. The molecule has 1 aromatic heterocycles. The van der Waals surface area contributed by atoms with Crippen molar-refractivity contribution in [2.24, 2.45) is 0 Å². The average molecular weight is 243 g/mol. The fourth-order valence-electron chi connectivity index (χ4n) is 1.14. The quantitative estimate of drug-likeness (QED) is 0.826. The van der Waals surface area contributed by atoms with E-state index in [1.165, 1.54) is 0 Å². The summed E-state index contributed by atoms with van der Waals surface area (Å²) >= 11 is 5.70. The molecule has 0 spiro atoms. The molecule has 1 amide bonds. The van der Waals surface area contributed by atoms with Crippen molar-refractivity contribution in [2.75, 3.05) is 12.4 Å². The number of ether oxygens (including phenoxy) is 1. The molecule has 0 saturated heterocycles. The van der Waals surface area contributed by atoms with E-state index in [-0.39, 0.29) is 12.3 Å². The summed E-state index contributed by atoms with van der Waals surface area (Å²) in [5.74, 6) is -0.117. The van der Waals surface area contributed by atoms with Gasteiger partial charge in [0.05, 0.1) is 12.0 Å². The average Bonchev–Trinajstić information content (AvgIpc) is 2.16. The van der Waals surface area contributed by atoms with Crippen molar-refractivity contribution >= 4 is 23.2 Å². The Morgan fingerprint density at radius 1 is 1.62 bits per heavy atom. The number of rotatable bonds is 4. The lowest BCUT2D eigenvalue weighted by molar-refractivity contribution is -0.121. The van der Waals surface area contributed by atoms with Crippen LogP contribution in [-0.4, -0.2) is 23.6 Å². The summed E-state index contributed by atoms with van der Waals surface area (Å²) in [7, 11) is 1.58. The van der Waals surface area contributed by atoms with E-state index in [2.05, 4.69) is 10.3 Å². The predicted molar refractivity (Wildman–Crippen MR) is 63.6 cm³/mol. The van der Waals surface area contributed by atoms with Crippen LogP contribution in [0.15, 0.2) is 18.3 Å². The van der Waals surface area contributed by atoms with E-state index in [0.717, 1.165) is 0 Å². The molecular formula is C11H15ClN2O2. The van der Waals surface area contributed by atoms with Crippen molar-refractivity contribution in [1.82, 2.24) is 4.98 Å². The van der Waals surface area contributed by atoms with Gasteiger partial charge in [0.25, 0.3) is 0 Å². The monoisotopic (exact) mass is 242 g/mol. The normalized spacial score (nSPS) is 11.2. The highest BCUT2D eigenvalue weighted by molar-refractivity contribution is 6.29. The lowest BCUT2D eigenvalue weighted by Gasteiger charge is -2.21. The van der Waals surface area contributed by atoms with Crippen LogP contribution in [0.2, 0.25) is 5.15 Å². The lowest BCUT2D eigenvalue weighted by atomic mass is 10.0. The van der Waals surface area contributed by atoms with Crippen LogP contribution in [-0.2, 0) is 9.53 Å². The summed E-state index contributed by atoms with van der Waals surface area (Å²) < 4.78 is 5.17. The number of pyridine rings is 1. The molecule has 1 aromatic rings. The van der Waals surface area contributed by atoms with Crippen molar-refractivity contribution in [3.63, 3.8) is 0 Å². The van der Waals surface area contributed by atoms with Crippen molar-refractivity contribution in [2.45, 2.75) is 25.9 Å². The standard InChI is InChI=1S/C11H15ClN2O2/c1-11(2,16-3)7-10(15)14-8-4-5-13-9(12)6-8/h4-6H,7H2,1-3H3,(H,13,14,15). The molecule has 1 rings (SSSR count). The molecular weight excluding hydrogens is 228 g/mol. The molecule has 0 aliphatic heterocycles. The number of halogens is 1. The van der Waals surface area contributed by atoms with Gasteiger partial charge in [-0.2, -0.15) is 0 Å². The van der Waals surface area contributed by atoms with Gasteiger partial charge in [-0.3, -0.25) is 4.79 Å². The number of methoxy groups -OCH3 is 1. The number of carbonyl (C=O) groups is 1. The Kier molecular flexibility index (Phi) is 4.26. The second-order valence-electron chi connectivity index (χ2n) is 4.06. The molecule has 5 heteroatoms. The Hall–Kier alpha value is -1.13. The maximum Gasteiger partial charge on any atom is 0.227 e. The molecule has 0 aliphatic rings. The number of anilines is 1. The molecule has 0 atom stereocenters. The number of nitrogens with one attached hydrogen (secondary N) is 1. The minimum absolute atomic E-state index is 0.117. The number of aromatic nitrogens is 1. The smallest absolute Gasteiger partial charge is 0.227 e. The summed E-state index contributed by atoms with van der Waals surface area (Å²) in [6.45, 7) is 3.71. The fourth-order valence-corrected chi connectivity index (χ4v) is 1.32.